The molecule has 120 valence electrons. The van der Waals surface area contributed by atoms with Gasteiger partial charge in [-0.05, 0) is 55.4 Å². The van der Waals surface area contributed by atoms with Crippen molar-refractivity contribution in [3.05, 3.63) is 53.6 Å². The topological polar surface area (TPSA) is 33.7 Å². The Kier molecular flexibility index (Phi) is 4.67. The van der Waals surface area contributed by atoms with E-state index in [2.05, 4.69) is 36.2 Å². The first-order valence-electron chi connectivity index (χ1n) is 7.68. The maximum atomic E-state index is 5.57. The monoisotopic (exact) mass is 328 g/mol. The maximum Gasteiger partial charge on any atom is 0.231 e. The van der Waals surface area contributed by atoms with Gasteiger partial charge in [-0.2, -0.15) is 0 Å². The van der Waals surface area contributed by atoms with Gasteiger partial charge in [-0.25, -0.2) is 0 Å². The Bertz CT molecular complexity index is 718. The van der Waals surface area contributed by atoms with Crippen LogP contribution in [0, 0.1) is 6.92 Å². The molecule has 1 aliphatic heterocycles. The lowest BCUT2D eigenvalue weighted by molar-refractivity contribution is 0.174. The van der Waals surface area contributed by atoms with Crippen molar-refractivity contribution in [2.24, 2.45) is 0 Å². The molecule has 4 nitrogen and oxygen atoms in total. The van der Waals surface area contributed by atoms with E-state index in [0.717, 1.165) is 34.4 Å². The summed E-state index contributed by atoms with van der Waals surface area (Å²) >= 11 is 5.57. The highest BCUT2D eigenvalue weighted by atomic mass is 32.1. The highest BCUT2D eigenvalue weighted by Crippen LogP contribution is 2.32. The molecule has 0 amide bonds. The molecule has 23 heavy (non-hydrogen) atoms. The van der Waals surface area contributed by atoms with Crippen LogP contribution in [0.5, 0.6) is 11.5 Å². The zero-order valence-corrected chi connectivity index (χ0v) is 14.2. The lowest BCUT2D eigenvalue weighted by Crippen LogP contribution is -2.39. The number of nitrogens with one attached hydrogen (secondary N) is 1. The molecule has 0 radical (unpaired) electrons. The molecule has 0 saturated heterocycles. The second-order valence-corrected chi connectivity index (χ2v) is 5.76. The third-order valence-electron chi connectivity index (χ3n) is 3.85. The van der Waals surface area contributed by atoms with E-state index >= 15 is 0 Å². The number of anilines is 1. The molecule has 0 bridgehead atoms. The Balaban J connectivity index is 1.67. The fourth-order valence-corrected chi connectivity index (χ4v) is 2.91. The molecule has 0 fully saturated rings. The highest BCUT2D eigenvalue weighted by Gasteiger charge is 2.15. The summed E-state index contributed by atoms with van der Waals surface area (Å²) in [5, 5.41) is 4.05. The summed E-state index contributed by atoms with van der Waals surface area (Å²) in [6.45, 7) is 5.96. The number of para-hydroxylation sites is 1. The zero-order chi connectivity index (χ0) is 16.2. The number of hydrogen-bond acceptors (Lipinski definition) is 3. The van der Waals surface area contributed by atoms with Crippen molar-refractivity contribution in [2.45, 2.75) is 20.4 Å². The van der Waals surface area contributed by atoms with Crippen LogP contribution in [-0.4, -0.2) is 18.5 Å². The number of ether oxygens (including phenoxy) is 2. The number of rotatable bonds is 4. The third kappa shape index (κ3) is 3.40. The standard InChI is InChI=1S/C18H20N2O2S/c1-3-20(15-7-5-4-6-13(15)2)18(23)19-11-14-8-9-16-17(10-14)22-12-21-16/h4-10H,3,11-12H2,1-2H3,(H,19,23). The summed E-state index contributed by atoms with van der Waals surface area (Å²) in [7, 11) is 0. The normalized spacial score (nSPS) is 12.1. The Morgan fingerprint density at radius 2 is 1.96 bits per heavy atom. The molecule has 1 aliphatic rings. The lowest BCUT2D eigenvalue weighted by Gasteiger charge is -2.26. The number of fused-ring (bicyclic) bond motifs is 1. The Hall–Kier alpha value is -2.27. The molecule has 5 heteroatoms. The van der Waals surface area contributed by atoms with Crippen LogP contribution in [-0.2, 0) is 6.54 Å². The van der Waals surface area contributed by atoms with Crippen LogP contribution in [0.1, 0.15) is 18.1 Å². The summed E-state index contributed by atoms with van der Waals surface area (Å²) in [4.78, 5) is 2.11. The van der Waals surface area contributed by atoms with Gasteiger partial charge in [0, 0.05) is 18.8 Å². The average molecular weight is 328 g/mol. The van der Waals surface area contributed by atoms with Crippen molar-refractivity contribution in [1.29, 1.82) is 0 Å². The van der Waals surface area contributed by atoms with Gasteiger partial charge in [0.25, 0.3) is 0 Å². The van der Waals surface area contributed by atoms with E-state index in [1.54, 1.807) is 0 Å². The van der Waals surface area contributed by atoms with E-state index in [1.165, 1.54) is 5.56 Å². The molecule has 0 aromatic heterocycles. The first-order chi connectivity index (χ1) is 11.2. The molecule has 1 N–H and O–H groups in total. The van der Waals surface area contributed by atoms with Crippen LogP contribution in [0.4, 0.5) is 5.69 Å². The first-order valence-corrected chi connectivity index (χ1v) is 8.09. The second-order valence-electron chi connectivity index (χ2n) is 5.38. The van der Waals surface area contributed by atoms with Crippen molar-refractivity contribution in [2.75, 3.05) is 18.2 Å². The van der Waals surface area contributed by atoms with Crippen LogP contribution < -0.4 is 19.7 Å². The highest BCUT2D eigenvalue weighted by molar-refractivity contribution is 7.80. The van der Waals surface area contributed by atoms with E-state index in [-0.39, 0.29) is 0 Å². The molecule has 3 rings (SSSR count). The molecule has 0 spiro atoms. The van der Waals surface area contributed by atoms with Crippen molar-refractivity contribution >= 4 is 23.0 Å². The van der Waals surface area contributed by atoms with Crippen molar-refractivity contribution in [3.63, 3.8) is 0 Å². The van der Waals surface area contributed by atoms with Crippen molar-refractivity contribution in [1.82, 2.24) is 5.32 Å². The molecule has 2 aromatic carbocycles. The van der Waals surface area contributed by atoms with Crippen molar-refractivity contribution in [3.8, 4) is 11.5 Å². The van der Waals surface area contributed by atoms with Crippen LogP contribution in [0.3, 0.4) is 0 Å². The minimum Gasteiger partial charge on any atom is -0.454 e. The fraction of sp³-hybridized carbons (Fsp3) is 0.278. The van der Waals surface area contributed by atoms with Gasteiger partial charge in [-0.15, -0.1) is 0 Å². The van der Waals surface area contributed by atoms with Gasteiger partial charge in [-0.3, -0.25) is 0 Å². The Morgan fingerprint density at radius 1 is 1.17 bits per heavy atom. The average Bonchev–Trinajstić information content (AvgIpc) is 3.03. The predicted octanol–water partition coefficient (Wildman–Crippen LogP) is 3.62. The van der Waals surface area contributed by atoms with E-state index in [0.29, 0.717) is 13.3 Å². The van der Waals surface area contributed by atoms with Gasteiger partial charge in [-0.1, -0.05) is 24.3 Å². The van der Waals surface area contributed by atoms with Gasteiger partial charge in [0.1, 0.15) is 0 Å². The van der Waals surface area contributed by atoms with Crippen LogP contribution >= 0.6 is 12.2 Å². The van der Waals surface area contributed by atoms with Gasteiger partial charge in [0.05, 0.1) is 0 Å². The second kappa shape index (κ2) is 6.87. The van der Waals surface area contributed by atoms with Crippen LogP contribution in [0.25, 0.3) is 0 Å². The maximum absolute atomic E-state index is 5.57. The van der Waals surface area contributed by atoms with Crippen molar-refractivity contribution < 1.29 is 9.47 Å². The summed E-state index contributed by atoms with van der Waals surface area (Å²) in [6, 6.07) is 14.2. The smallest absolute Gasteiger partial charge is 0.231 e. The summed E-state index contributed by atoms with van der Waals surface area (Å²) in [6.07, 6.45) is 0. The third-order valence-corrected chi connectivity index (χ3v) is 4.21. The number of aryl methyl sites for hydroxylation is 1. The summed E-state index contributed by atoms with van der Waals surface area (Å²) < 4.78 is 10.7. The predicted molar refractivity (Wildman–Crippen MR) is 96.2 cm³/mol. The number of nitrogens with zero attached hydrogens (tertiary/aromatic N) is 1. The van der Waals surface area contributed by atoms with E-state index in [4.69, 9.17) is 21.7 Å². The fourth-order valence-electron chi connectivity index (χ4n) is 2.61. The number of thiocarbonyl (C=S) groups is 1. The molecular formula is C18H20N2O2S. The molecule has 0 saturated carbocycles. The molecule has 2 aromatic rings. The molecule has 0 atom stereocenters. The van der Waals surface area contributed by atoms with Gasteiger partial charge >= 0.3 is 0 Å². The van der Waals surface area contributed by atoms with Crippen LogP contribution in [0.2, 0.25) is 0 Å². The molecular weight excluding hydrogens is 308 g/mol. The first kappa shape index (κ1) is 15.6. The molecule has 1 heterocycles. The lowest BCUT2D eigenvalue weighted by atomic mass is 10.2. The largest absolute Gasteiger partial charge is 0.454 e. The van der Waals surface area contributed by atoms with Gasteiger partial charge in [0.15, 0.2) is 16.6 Å². The summed E-state index contributed by atoms with van der Waals surface area (Å²) in [5.74, 6) is 1.59. The zero-order valence-electron chi connectivity index (χ0n) is 13.3. The van der Waals surface area contributed by atoms with Gasteiger partial charge in [0.2, 0.25) is 6.79 Å². The minimum atomic E-state index is 0.293. The Morgan fingerprint density at radius 3 is 2.74 bits per heavy atom. The molecule has 0 aliphatic carbocycles. The van der Waals surface area contributed by atoms with E-state index in [1.807, 2.05) is 30.3 Å². The van der Waals surface area contributed by atoms with E-state index < -0.39 is 0 Å². The number of benzene rings is 2. The summed E-state index contributed by atoms with van der Waals surface area (Å²) in [5.41, 5.74) is 3.46. The van der Waals surface area contributed by atoms with Crippen LogP contribution in [0.15, 0.2) is 42.5 Å². The van der Waals surface area contributed by atoms with E-state index in [9.17, 15) is 0 Å². The number of hydrogen-bond donors (Lipinski definition) is 1. The Labute approximate surface area is 142 Å². The minimum absolute atomic E-state index is 0.293. The van der Waals surface area contributed by atoms with Gasteiger partial charge < -0.3 is 19.7 Å². The SMILES string of the molecule is CCN(C(=S)NCc1ccc2c(c1)OCO2)c1ccccc1C. The quantitative estimate of drug-likeness (QED) is 0.867. The molecule has 0 unspecified atom stereocenters.